The van der Waals surface area contributed by atoms with Crippen molar-refractivity contribution in [1.82, 2.24) is 14.8 Å². The van der Waals surface area contributed by atoms with Gasteiger partial charge in [0.05, 0.1) is 24.0 Å². The van der Waals surface area contributed by atoms with Crippen molar-refractivity contribution in [1.29, 1.82) is 0 Å². The molecule has 0 unspecified atom stereocenters. The third kappa shape index (κ3) is 5.03. The van der Waals surface area contributed by atoms with Gasteiger partial charge in [0.25, 0.3) is 0 Å². The van der Waals surface area contributed by atoms with Crippen LogP contribution in [0.1, 0.15) is 56.1 Å². The summed E-state index contributed by atoms with van der Waals surface area (Å²) < 4.78 is 6.73. The van der Waals surface area contributed by atoms with Gasteiger partial charge >= 0.3 is 5.97 Å². The number of hydrogen-bond donors (Lipinski definition) is 0. The summed E-state index contributed by atoms with van der Waals surface area (Å²) in [5.74, 6) is 0.337. The smallest absolute Gasteiger partial charge is 0.350 e. The maximum atomic E-state index is 13.7. The fourth-order valence-electron chi connectivity index (χ4n) is 5.08. The molecule has 1 fully saturated rings. The molecule has 0 radical (unpaired) electrons. The van der Waals surface area contributed by atoms with E-state index in [4.69, 9.17) is 4.74 Å². The Morgan fingerprint density at radius 2 is 1.76 bits per heavy atom. The Bertz CT molecular complexity index is 1380. The molecule has 1 aromatic carbocycles. The minimum atomic E-state index is -0.421. The number of amides is 1. The number of carbonyl (C=O) groups excluding carboxylic acids is 2. The molecule has 1 aliphatic rings. The van der Waals surface area contributed by atoms with E-state index in [9.17, 15) is 9.59 Å². The van der Waals surface area contributed by atoms with Crippen LogP contribution in [0.2, 0.25) is 0 Å². The summed E-state index contributed by atoms with van der Waals surface area (Å²) >= 11 is 1.36. The summed E-state index contributed by atoms with van der Waals surface area (Å²) in [4.78, 5) is 29.7. The molecule has 4 aromatic rings. The molecule has 0 saturated heterocycles. The third-order valence-electron chi connectivity index (χ3n) is 7.17. The maximum absolute atomic E-state index is 13.7. The first-order valence-corrected chi connectivity index (χ1v) is 13.6. The first kappa shape index (κ1) is 25.1. The van der Waals surface area contributed by atoms with E-state index in [0.717, 1.165) is 52.9 Å². The van der Waals surface area contributed by atoms with Gasteiger partial charge in [-0.15, -0.1) is 16.4 Å². The minimum Gasteiger partial charge on any atom is -0.465 e. The number of ether oxygens (including phenoxy) is 1. The van der Waals surface area contributed by atoms with E-state index in [1.807, 2.05) is 67.3 Å². The normalized spacial score (nSPS) is 17.8. The fraction of sp³-hybridized carbons (Fsp3) is 0.379. The number of methoxy groups -OCH3 is 1. The number of thiophene rings is 1. The maximum Gasteiger partial charge on any atom is 0.350 e. The van der Waals surface area contributed by atoms with Crippen LogP contribution in [0.15, 0.2) is 54.7 Å². The molecular weight excluding hydrogens is 484 g/mol. The first-order valence-electron chi connectivity index (χ1n) is 12.8. The Hall–Kier alpha value is -3.52. The molecule has 8 heteroatoms. The molecular formula is C29H32N4O3S. The molecule has 0 N–H and O–H groups in total. The van der Waals surface area contributed by atoms with Crippen LogP contribution in [0.3, 0.4) is 0 Å². The van der Waals surface area contributed by atoms with Crippen molar-refractivity contribution in [3.8, 4) is 21.7 Å². The van der Waals surface area contributed by atoms with Crippen molar-refractivity contribution >= 4 is 34.4 Å². The molecule has 1 aliphatic carbocycles. The Labute approximate surface area is 221 Å². The zero-order valence-electron chi connectivity index (χ0n) is 21.7. The second kappa shape index (κ2) is 10.5. The lowest BCUT2D eigenvalue weighted by molar-refractivity contribution is -0.123. The number of fused-ring (bicyclic) bond motifs is 1. The zero-order valence-corrected chi connectivity index (χ0v) is 22.5. The van der Waals surface area contributed by atoms with Gasteiger partial charge in [0.1, 0.15) is 4.88 Å². The average Bonchev–Trinajstić information content (AvgIpc) is 3.54. The Balaban J connectivity index is 1.48. The van der Waals surface area contributed by atoms with Gasteiger partial charge in [-0.1, -0.05) is 31.2 Å². The lowest BCUT2D eigenvalue weighted by Gasteiger charge is -2.33. The highest BCUT2D eigenvalue weighted by Crippen LogP contribution is 2.40. The molecule has 0 bridgehead atoms. The van der Waals surface area contributed by atoms with E-state index in [2.05, 4.69) is 17.1 Å². The van der Waals surface area contributed by atoms with Crippen LogP contribution < -0.4 is 4.90 Å². The average molecular weight is 517 g/mol. The molecule has 37 heavy (non-hydrogen) atoms. The molecule has 7 nitrogen and oxygen atoms in total. The van der Waals surface area contributed by atoms with Crippen LogP contribution in [0.5, 0.6) is 0 Å². The summed E-state index contributed by atoms with van der Waals surface area (Å²) in [6.45, 7) is 6.25. The predicted molar refractivity (Wildman–Crippen MR) is 147 cm³/mol. The van der Waals surface area contributed by atoms with Gasteiger partial charge < -0.3 is 9.64 Å². The van der Waals surface area contributed by atoms with Crippen molar-refractivity contribution in [3.63, 3.8) is 0 Å². The largest absolute Gasteiger partial charge is 0.465 e. The summed E-state index contributed by atoms with van der Waals surface area (Å²) in [6.07, 6.45) is 5.63. The predicted octanol–water partition coefficient (Wildman–Crippen LogP) is 6.48. The third-order valence-corrected chi connectivity index (χ3v) is 8.33. The number of aromatic nitrogens is 3. The highest BCUT2D eigenvalue weighted by Gasteiger charge is 2.33. The second-order valence-electron chi connectivity index (χ2n) is 10.1. The van der Waals surface area contributed by atoms with Crippen LogP contribution >= 0.6 is 11.3 Å². The monoisotopic (exact) mass is 516 g/mol. The van der Waals surface area contributed by atoms with Crippen molar-refractivity contribution in [2.45, 2.75) is 52.5 Å². The Kier molecular flexibility index (Phi) is 7.11. The van der Waals surface area contributed by atoms with Gasteiger partial charge in [-0.3, -0.25) is 4.79 Å². The summed E-state index contributed by atoms with van der Waals surface area (Å²) in [6, 6.07) is 15.8. The van der Waals surface area contributed by atoms with Gasteiger partial charge in [0.2, 0.25) is 5.91 Å². The minimum absolute atomic E-state index is 0.00773. The molecule has 0 spiro atoms. The Morgan fingerprint density at radius 1 is 1.05 bits per heavy atom. The van der Waals surface area contributed by atoms with E-state index >= 15 is 0 Å². The van der Waals surface area contributed by atoms with Gasteiger partial charge in [0, 0.05) is 28.6 Å². The number of carbonyl (C=O) groups is 2. The molecule has 3 aromatic heterocycles. The van der Waals surface area contributed by atoms with Crippen LogP contribution in [0, 0.1) is 11.8 Å². The van der Waals surface area contributed by atoms with E-state index in [1.165, 1.54) is 18.4 Å². The van der Waals surface area contributed by atoms with Crippen LogP contribution in [-0.2, 0) is 9.53 Å². The van der Waals surface area contributed by atoms with Gasteiger partial charge in [-0.05, 0) is 75.3 Å². The highest BCUT2D eigenvalue weighted by molar-refractivity contribution is 7.18. The van der Waals surface area contributed by atoms with Gasteiger partial charge in [-0.2, -0.15) is 9.73 Å². The zero-order chi connectivity index (χ0) is 26.1. The summed E-state index contributed by atoms with van der Waals surface area (Å²) in [7, 11) is 1.38. The highest BCUT2D eigenvalue weighted by atomic mass is 32.1. The molecule has 1 amide bonds. The molecule has 5 rings (SSSR count). The van der Waals surface area contributed by atoms with Crippen molar-refractivity contribution in [2.24, 2.45) is 11.8 Å². The van der Waals surface area contributed by atoms with E-state index in [-0.39, 0.29) is 17.9 Å². The number of rotatable bonds is 6. The Morgan fingerprint density at radius 3 is 2.41 bits per heavy atom. The van der Waals surface area contributed by atoms with Crippen LogP contribution in [0.4, 0.5) is 5.69 Å². The standard InChI is InChI=1S/C29H32N4O3S/c1-18(2)32(28(34)22-9-7-19(3)8-10-22)25-17-26(37-27(25)29(35)36-4)21-13-11-20(12-14-21)24-16-23-6-5-15-30-33(23)31-24/h5-6,11-19,22H,7-10H2,1-4H3/t19-,22-. The molecule has 0 aliphatic heterocycles. The van der Waals surface area contributed by atoms with E-state index < -0.39 is 5.97 Å². The van der Waals surface area contributed by atoms with Crippen LogP contribution in [0.25, 0.3) is 27.2 Å². The summed E-state index contributed by atoms with van der Waals surface area (Å²) in [5, 5.41) is 8.79. The van der Waals surface area contributed by atoms with Crippen molar-refractivity contribution < 1.29 is 14.3 Å². The van der Waals surface area contributed by atoms with Crippen molar-refractivity contribution in [3.05, 3.63) is 59.6 Å². The first-order chi connectivity index (χ1) is 17.9. The topological polar surface area (TPSA) is 76.8 Å². The number of anilines is 1. The second-order valence-corrected chi connectivity index (χ2v) is 11.2. The van der Waals surface area contributed by atoms with E-state index in [1.54, 1.807) is 10.8 Å². The SMILES string of the molecule is COC(=O)c1sc(-c2ccc(-c3cc4cccnn4n3)cc2)cc1N(C(=O)[C@H]1CC[C@H](C)CC1)C(C)C. The van der Waals surface area contributed by atoms with Gasteiger partial charge in [-0.25, -0.2) is 4.79 Å². The quantitative estimate of drug-likeness (QED) is 0.274. The molecule has 192 valence electrons. The summed E-state index contributed by atoms with van der Waals surface area (Å²) in [5.41, 5.74) is 4.35. The number of hydrogen-bond acceptors (Lipinski definition) is 6. The molecule has 1 saturated carbocycles. The number of nitrogens with zero attached hydrogens (tertiary/aromatic N) is 4. The van der Waals surface area contributed by atoms with E-state index in [0.29, 0.717) is 16.5 Å². The lowest BCUT2D eigenvalue weighted by atomic mass is 9.82. The number of esters is 1. The van der Waals surface area contributed by atoms with Gasteiger partial charge in [0.15, 0.2) is 0 Å². The van der Waals surface area contributed by atoms with Crippen molar-refractivity contribution in [2.75, 3.05) is 12.0 Å². The van der Waals surface area contributed by atoms with Crippen LogP contribution in [-0.4, -0.2) is 39.9 Å². The molecule has 0 atom stereocenters. The molecule has 3 heterocycles. The fourth-order valence-corrected chi connectivity index (χ4v) is 6.15. The lowest BCUT2D eigenvalue weighted by Crippen LogP contribution is -2.42. The number of benzene rings is 1.